The van der Waals surface area contributed by atoms with Gasteiger partial charge in [0.15, 0.2) is 0 Å². The first-order valence-corrected chi connectivity index (χ1v) is 7.36. The molecule has 0 aliphatic heterocycles. The molecule has 1 aromatic carbocycles. The molecule has 0 aliphatic carbocycles. The Bertz CT molecular complexity index is 753. The number of aryl methyl sites for hydroxylation is 2. The fourth-order valence-electron chi connectivity index (χ4n) is 2.36. The van der Waals surface area contributed by atoms with Crippen molar-refractivity contribution in [1.29, 1.82) is 0 Å². The molecule has 2 aromatic rings. The first-order chi connectivity index (χ1) is 11.5. The smallest absolute Gasteiger partial charge is 0.354 e. The SMILES string of the molecule is COC(=O)/C=C(/Nc1ccc(-n2c(C)ccc2C)cc1)C(=O)OC. The van der Waals surface area contributed by atoms with Crippen molar-refractivity contribution in [2.24, 2.45) is 0 Å². The van der Waals surface area contributed by atoms with E-state index in [9.17, 15) is 9.59 Å². The summed E-state index contributed by atoms with van der Waals surface area (Å²) in [5, 5.41) is 2.87. The zero-order chi connectivity index (χ0) is 17.7. The van der Waals surface area contributed by atoms with Crippen LogP contribution in [0.1, 0.15) is 11.4 Å². The molecule has 0 spiro atoms. The van der Waals surface area contributed by atoms with Gasteiger partial charge in [0.1, 0.15) is 5.70 Å². The van der Waals surface area contributed by atoms with E-state index in [1.54, 1.807) is 0 Å². The van der Waals surface area contributed by atoms with Gasteiger partial charge in [0.25, 0.3) is 0 Å². The average Bonchev–Trinajstić information content (AvgIpc) is 2.92. The zero-order valence-corrected chi connectivity index (χ0v) is 14.1. The van der Waals surface area contributed by atoms with Crippen molar-refractivity contribution in [1.82, 2.24) is 4.57 Å². The molecule has 126 valence electrons. The van der Waals surface area contributed by atoms with Crippen LogP contribution < -0.4 is 5.32 Å². The highest BCUT2D eigenvalue weighted by molar-refractivity contribution is 5.98. The quantitative estimate of drug-likeness (QED) is 0.675. The molecule has 6 nitrogen and oxygen atoms in total. The Labute approximate surface area is 140 Å². The lowest BCUT2D eigenvalue weighted by molar-refractivity contribution is -0.138. The fourth-order valence-corrected chi connectivity index (χ4v) is 2.36. The van der Waals surface area contributed by atoms with Gasteiger partial charge in [0.2, 0.25) is 0 Å². The summed E-state index contributed by atoms with van der Waals surface area (Å²) in [5.41, 5.74) is 3.94. The molecule has 0 amide bonds. The van der Waals surface area contributed by atoms with Crippen molar-refractivity contribution >= 4 is 17.6 Å². The van der Waals surface area contributed by atoms with E-state index in [4.69, 9.17) is 0 Å². The molecule has 0 fully saturated rings. The number of methoxy groups -OCH3 is 2. The summed E-state index contributed by atoms with van der Waals surface area (Å²) < 4.78 is 11.3. The minimum absolute atomic E-state index is 0.00502. The number of anilines is 1. The summed E-state index contributed by atoms with van der Waals surface area (Å²) in [6, 6.07) is 11.6. The highest BCUT2D eigenvalue weighted by atomic mass is 16.5. The number of nitrogens with one attached hydrogen (secondary N) is 1. The second-order valence-electron chi connectivity index (χ2n) is 5.20. The molecule has 0 saturated heterocycles. The highest BCUT2D eigenvalue weighted by Crippen LogP contribution is 2.19. The Balaban J connectivity index is 2.25. The van der Waals surface area contributed by atoms with Crippen LogP contribution in [0.3, 0.4) is 0 Å². The number of ether oxygens (including phenoxy) is 2. The molecule has 1 N–H and O–H groups in total. The molecule has 1 heterocycles. The summed E-state index contributed by atoms with van der Waals surface area (Å²) in [7, 11) is 2.49. The van der Waals surface area contributed by atoms with E-state index < -0.39 is 11.9 Å². The van der Waals surface area contributed by atoms with Gasteiger partial charge in [-0.2, -0.15) is 0 Å². The summed E-state index contributed by atoms with van der Waals surface area (Å²) in [6.07, 6.45) is 1.06. The van der Waals surface area contributed by atoms with Crippen LogP contribution in [0, 0.1) is 13.8 Å². The Morgan fingerprint density at radius 2 is 1.54 bits per heavy atom. The first kappa shape index (κ1) is 17.3. The lowest BCUT2D eigenvalue weighted by atomic mass is 10.2. The van der Waals surface area contributed by atoms with E-state index in [2.05, 4.69) is 31.5 Å². The van der Waals surface area contributed by atoms with Gasteiger partial charge in [0, 0.05) is 22.8 Å². The molecule has 24 heavy (non-hydrogen) atoms. The summed E-state index contributed by atoms with van der Waals surface area (Å²) in [4.78, 5) is 23.1. The zero-order valence-electron chi connectivity index (χ0n) is 14.1. The lowest BCUT2D eigenvalue weighted by Crippen LogP contribution is -2.15. The van der Waals surface area contributed by atoms with Gasteiger partial charge >= 0.3 is 11.9 Å². The molecular weight excluding hydrogens is 308 g/mol. The number of hydrogen-bond donors (Lipinski definition) is 1. The van der Waals surface area contributed by atoms with E-state index in [0.717, 1.165) is 23.2 Å². The van der Waals surface area contributed by atoms with Gasteiger partial charge in [-0.25, -0.2) is 9.59 Å². The predicted molar refractivity (Wildman–Crippen MR) is 91.0 cm³/mol. The van der Waals surface area contributed by atoms with Crippen molar-refractivity contribution in [3.8, 4) is 5.69 Å². The van der Waals surface area contributed by atoms with Gasteiger partial charge in [-0.1, -0.05) is 0 Å². The second kappa shape index (κ2) is 7.50. The van der Waals surface area contributed by atoms with E-state index >= 15 is 0 Å². The Hall–Kier alpha value is -3.02. The average molecular weight is 328 g/mol. The summed E-state index contributed by atoms with van der Waals surface area (Å²) in [5.74, 6) is -1.29. The number of carbonyl (C=O) groups is 2. The highest BCUT2D eigenvalue weighted by Gasteiger charge is 2.13. The largest absolute Gasteiger partial charge is 0.466 e. The maximum atomic E-state index is 11.7. The molecule has 0 saturated carbocycles. The molecule has 0 aliphatic rings. The topological polar surface area (TPSA) is 69.6 Å². The molecular formula is C18H20N2O4. The number of benzene rings is 1. The van der Waals surface area contributed by atoms with Gasteiger partial charge in [0.05, 0.1) is 20.3 Å². The number of esters is 2. The number of aromatic nitrogens is 1. The Kier molecular flexibility index (Phi) is 5.42. The standard InChI is InChI=1S/C18H20N2O4/c1-12-5-6-13(2)20(12)15-9-7-14(8-10-15)19-16(18(22)24-4)11-17(21)23-3/h5-11,19H,1-4H3/b16-11+. The number of rotatable bonds is 5. The Morgan fingerprint density at radius 1 is 0.958 bits per heavy atom. The number of hydrogen-bond acceptors (Lipinski definition) is 5. The van der Waals surface area contributed by atoms with E-state index in [0.29, 0.717) is 5.69 Å². The lowest BCUT2D eigenvalue weighted by Gasteiger charge is -2.12. The van der Waals surface area contributed by atoms with Crippen molar-refractivity contribution in [2.45, 2.75) is 13.8 Å². The van der Waals surface area contributed by atoms with Gasteiger partial charge < -0.3 is 19.4 Å². The van der Waals surface area contributed by atoms with Crippen LogP contribution in [0.2, 0.25) is 0 Å². The third kappa shape index (κ3) is 3.84. The van der Waals surface area contributed by atoms with Crippen LogP contribution in [0.15, 0.2) is 48.2 Å². The predicted octanol–water partition coefficient (Wildman–Crippen LogP) is 2.74. The van der Waals surface area contributed by atoms with Crippen LogP contribution in [0.4, 0.5) is 5.69 Å². The second-order valence-corrected chi connectivity index (χ2v) is 5.20. The van der Waals surface area contributed by atoms with E-state index in [-0.39, 0.29) is 5.70 Å². The van der Waals surface area contributed by atoms with Gasteiger partial charge in [-0.15, -0.1) is 0 Å². The monoisotopic (exact) mass is 328 g/mol. The van der Waals surface area contributed by atoms with Crippen LogP contribution in [0.5, 0.6) is 0 Å². The molecule has 0 atom stereocenters. The number of carbonyl (C=O) groups excluding carboxylic acids is 2. The van der Waals surface area contributed by atoms with E-state index in [1.807, 2.05) is 38.1 Å². The molecule has 1 aromatic heterocycles. The minimum Gasteiger partial charge on any atom is -0.466 e. The maximum absolute atomic E-state index is 11.7. The Morgan fingerprint density at radius 3 is 2.04 bits per heavy atom. The molecule has 2 rings (SSSR count). The maximum Gasteiger partial charge on any atom is 0.354 e. The molecule has 0 bridgehead atoms. The molecule has 0 unspecified atom stereocenters. The van der Waals surface area contributed by atoms with Crippen LogP contribution in [0.25, 0.3) is 5.69 Å². The molecule has 6 heteroatoms. The van der Waals surface area contributed by atoms with Crippen molar-refractivity contribution in [3.05, 3.63) is 59.6 Å². The fraction of sp³-hybridized carbons (Fsp3) is 0.222. The van der Waals surface area contributed by atoms with Crippen LogP contribution in [-0.2, 0) is 19.1 Å². The van der Waals surface area contributed by atoms with Crippen molar-refractivity contribution in [3.63, 3.8) is 0 Å². The third-order valence-corrected chi connectivity index (χ3v) is 3.54. The van der Waals surface area contributed by atoms with E-state index in [1.165, 1.54) is 14.2 Å². The first-order valence-electron chi connectivity index (χ1n) is 7.36. The third-order valence-electron chi connectivity index (χ3n) is 3.54. The summed E-state index contributed by atoms with van der Waals surface area (Å²) >= 11 is 0. The normalized spacial score (nSPS) is 11.1. The van der Waals surface area contributed by atoms with Crippen LogP contribution >= 0.6 is 0 Å². The van der Waals surface area contributed by atoms with Crippen molar-refractivity contribution < 1.29 is 19.1 Å². The van der Waals surface area contributed by atoms with Crippen molar-refractivity contribution in [2.75, 3.05) is 19.5 Å². The summed E-state index contributed by atoms with van der Waals surface area (Å²) in [6.45, 7) is 4.07. The molecule has 0 radical (unpaired) electrons. The minimum atomic E-state index is -0.651. The number of nitrogens with zero attached hydrogens (tertiary/aromatic N) is 1. The van der Waals surface area contributed by atoms with Gasteiger partial charge in [-0.05, 0) is 50.2 Å². The van der Waals surface area contributed by atoms with Gasteiger partial charge in [-0.3, -0.25) is 0 Å². The van der Waals surface area contributed by atoms with Crippen LogP contribution in [-0.4, -0.2) is 30.7 Å².